The molecular formula is C7H14F3N3O. The second-order valence-corrected chi connectivity index (χ2v) is 2.89. The summed E-state index contributed by atoms with van der Waals surface area (Å²) in [5, 5.41) is 0. The number of hydrazine groups is 1. The summed E-state index contributed by atoms with van der Waals surface area (Å²) in [6, 6.07) is 0. The van der Waals surface area contributed by atoms with Crippen LogP contribution in [0.1, 0.15) is 13.3 Å². The standard InChI is InChI=1S/C7H14F3N3O/c1-2-3-13(4-6(14)12-11)5-7(8,9)10/h2-5,11H2,1H3,(H,12,14). The Morgan fingerprint density at radius 3 is 2.43 bits per heavy atom. The van der Waals surface area contributed by atoms with Crippen molar-refractivity contribution in [3.8, 4) is 0 Å². The SMILES string of the molecule is CCCN(CC(=O)NN)CC(F)(F)F. The van der Waals surface area contributed by atoms with Crippen molar-refractivity contribution in [3.63, 3.8) is 0 Å². The number of nitrogens with two attached hydrogens (primary N) is 1. The maximum atomic E-state index is 12.0. The number of halogens is 3. The van der Waals surface area contributed by atoms with Gasteiger partial charge in [-0.2, -0.15) is 13.2 Å². The van der Waals surface area contributed by atoms with Crippen molar-refractivity contribution in [2.75, 3.05) is 19.6 Å². The second kappa shape index (κ2) is 5.82. The lowest BCUT2D eigenvalue weighted by molar-refractivity contribution is -0.148. The van der Waals surface area contributed by atoms with Gasteiger partial charge in [0, 0.05) is 0 Å². The van der Waals surface area contributed by atoms with Gasteiger partial charge in [-0.25, -0.2) is 5.84 Å². The van der Waals surface area contributed by atoms with E-state index in [0.717, 1.165) is 4.90 Å². The molecule has 0 atom stereocenters. The summed E-state index contributed by atoms with van der Waals surface area (Å²) in [6.07, 6.45) is -3.74. The predicted octanol–water partition coefficient (Wildman–Crippen LogP) is 0.251. The first-order valence-corrected chi connectivity index (χ1v) is 4.17. The van der Waals surface area contributed by atoms with Gasteiger partial charge in [-0.1, -0.05) is 6.92 Å². The van der Waals surface area contributed by atoms with Crippen LogP contribution in [0.5, 0.6) is 0 Å². The number of hydrogen-bond donors (Lipinski definition) is 2. The van der Waals surface area contributed by atoms with Crippen LogP contribution in [0.25, 0.3) is 0 Å². The molecule has 84 valence electrons. The normalized spacial score (nSPS) is 11.9. The predicted molar refractivity (Wildman–Crippen MR) is 45.1 cm³/mol. The second-order valence-electron chi connectivity index (χ2n) is 2.89. The molecule has 0 saturated heterocycles. The highest BCUT2D eigenvalue weighted by Crippen LogP contribution is 2.16. The van der Waals surface area contributed by atoms with E-state index in [1.165, 1.54) is 0 Å². The summed E-state index contributed by atoms with van der Waals surface area (Å²) in [6.45, 7) is 0.536. The van der Waals surface area contributed by atoms with E-state index in [4.69, 9.17) is 5.84 Å². The van der Waals surface area contributed by atoms with E-state index >= 15 is 0 Å². The Hall–Kier alpha value is -0.820. The van der Waals surface area contributed by atoms with Crippen LogP contribution in [0.4, 0.5) is 13.2 Å². The molecule has 0 aliphatic carbocycles. The topological polar surface area (TPSA) is 58.4 Å². The van der Waals surface area contributed by atoms with Gasteiger partial charge in [0.15, 0.2) is 0 Å². The van der Waals surface area contributed by atoms with Gasteiger partial charge in [-0.05, 0) is 13.0 Å². The molecule has 0 radical (unpaired) electrons. The number of amides is 1. The van der Waals surface area contributed by atoms with Crippen LogP contribution < -0.4 is 11.3 Å². The third-order valence-electron chi connectivity index (χ3n) is 1.47. The maximum Gasteiger partial charge on any atom is 0.401 e. The molecule has 3 N–H and O–H groups in total. The first kappa shape index (κ1) is 13.2. The molecule has 0 heterocycles. The van der Waals surface area contributed by atoms with Crippen LogP contribution in [-0.4, -0.2) is 36.6 Å². The van der Waals surface area contributed by atoms with Gasteiger partial charge in [0.2, 0.25) is 5.91 Å². The Bertz CT molecular complexity index is 184. The highest BCUT2D eigenvalue weighted by molar-refractivity contribution is 5.77. The number of rotatable bonds is 5. The Morgan fingerprint density at radius 2 is 2.07 bits per heavy atom. The van der Waals surface area contributed by atoms with E-state index in [-0.39, 0.29) is 13.1 Å². The fourth-order valence-electron chi connectivity index (χ4n) is 1.03. The Kier molecular flexibility index (Phi) is 5.47. The van der Waals surface area contributed by atoms with Gasteiger partial charge in [0.25, 0.3) is 0 Å². The number of nitrogens with one attached hydrogen (secondary N) is 1. The minimum Gasteiger partial charge on any atom is -0.293 e. The first-order chi connectivity index (χ1) is 6.39. The molecule has 0 bridgehead atoms. The molecular weight excluding hydrogens is 199 g/mol. The van der Waals surface area contributed by atoms with Crippen LogP contribution >= 0.6 is 0 Å². The maximum absolute atomic E-state index is 12.0. The van der Waals surface area contributed by atoms with Crippen molar-refractivity contribution in [1.82, 2.24) is 10.3 Å². The Morgan fingerprint density at radius 1 is 1.50 bits per heavy atom. The summed E-state index contributed by atoms with van der Waals surface area (Å²) >= 11 is 0. The first-order valence-electron chi connectivity index (χ1n) is 4.17. The van der Waals surface area contributed by atoms with Crippen molar-refractivity contribution < 1.29 is 18.0 Å². The minimum absolute atomic E-state index is 0.215. The largest absolute Gasteiger partial charge is 0.401 e. The molecule has 0 fully saturated rings. The zero-order valence-electron chi connectivity index (χ0n) is 7.90. The lowest BCUT2D eigenvalue weighted by atomic mass is 10.4. The summed E-state index contributed by atoms with van der Waals surface area (Å²) in [7, 11) is 0. The number of hydrogen-bond acceptors (Lipinski definition) is 3. The van der Waals surface area contributed by atoms with Crippen LogP contribution in [0, 0.1) is 0 Å². The van der Waals surface area contributed by atoms with Gasteiger partial charge in [-0.15, -0.1) is 0 Å². The molecule has 0 aromatic heterocycles. The number of carbonyl (C=O) groups is 1. The van der Waals surface area contributed by atoms with Crippen molar-refractivity contribution in [3.05, 3.63) is 0 Å². The molecule has 0 aliphatic rings. The molecule has 0 saturated carbocycles. The monoisotopic (exact) mass is 213 g/mol. The lowest BCUT2D eigenvalue weighted by Gasteiger charge is -2.21. The van der Waals surface area contributed by atoms with Crippen LogP contribution in [-0.2, 0) is 4.79 Å². The number of carbonyl (C=O) groups excluding carboxylic acids is 1. The van der Waals surface area contributed by atoms with E-state index in [1.807, 2.05) is 0 Å². The fourth-order valence-corrected chi connectivity index (χ4v) is 1.03. The summed E-state index contributed by atoms with van der Waals surface area (Å²) in [5.41, 5.74) is 1.79. The highest BCUT2D eigenvalue weighted by atomic mass is 19.4. The molecule has 0 spiro atoms. The van der Waals surface area contributed by atoms with E-state index in [2.05, 4.69) is 0 Å². The van der Waals surface area contributed by atoms with Gasteiger partial charge in [-0.3, -0.25) is 15.1 Å². The van der Waals surface area contributed by atoms with Crippen LogP contribution in [0.2, 0.25) is 0 Å². The number of alkyl halides is 3. The van der Waals surface area contributed by atoms with Crippen molar-refractivity contribution in [2.45, 2.75) is 19.5 Å². The molecule has 14 heavy (non-hydrogen) atoms. The summed E-state index contributed by atoms with van der Waals surface area (Å²) in [5.74, 6) is 4.15. The van der Waals surface area contributed by atoms with E-state index in [0.29, 0.717) is 6.42 Å². The Labute approximate surface area is 80.2 Å². The quantitative estimate of drug-likeness (QED) is 0.391. The molecule has 0 aliphatic heterocycles. The average Bonchev–Trinajstić information content (AvgIpc) is 2.01. The fraction of sp³-hybridized carbons (Fsp3) is 0.857. The third kappa shape index (κ3) is 6.67. The molecule has 0 aromatic carbocycles. The third-order valence-corrected chi connectivity index (χ3v) is 1.47. The van der Waals surface area contributed by atoms with Gasteiger partial charge >= 0.3 is 6.18 Å². The van der Waals surface area contributed by atoms with Crippen molar-refractivity contribution in [2.24, 2.45) is 5.84 Å². The van der Waals surface area contributed by atoms with Gasteiger partial charge in [0.1, 0.15) is 0 Å². The Balaban J connectivity index is 4.08. The van der Waals surface area contributed by atoms with E-state index in [9.17, 15) is 18.0 Å². The zero-order chi connectivity index (χ0) is 11.2. The molecule has 0 unspecified atom stereocenters. The van der Waals surface area contributed by atoms with Crippen LogP contribution in [0.15, 0.2) is 0 Å². The molecule has 4 nitrogen and oxygen atoms in total. The van der Waals surface area contributed by atoms with E-state index in [1.54, 1.807) is 12.3 Å². The minimum atomic E-state index is -4.29. The van der Waals surface area contributed by atoms with Gasteiger partial charge in [0.05, 0.1) is 13.1 Å². The molecule has 0 aromatic rings. The molecule has 1 amide bonds. The highest BCUT2D eigenvalue weighted by Gasteiger charge is 2.30. The average molecular weight is 213 g/mol. The van der Waals surface area contributed by atoms with Crippen LogP contribution in [0.3, 0.4) is 0 Å². The zero-order valence-corrected chi connectivity index (χ0v) is 7.90. The van der Waals surface area contributed by atoms with Gasteiger partial charge < -0.3 is 0 Å². The molecule has 0 rings (SSSR count). The van der Waals surface area contributed by atoms with Crippen molar-refractivity contribution >= 4 is 5.91 Å². The number of nitrogens with zero attached hydrogens (tertiary/aromatic N) is 1. The summed E-state index contributed by atoms with van der Waals surface area (Å²) in [4.78, 5) is 11.7. The smallest absolute Gasteiger partial charge is 0.293 e. The van der Waals surface area contributed by atoms with E-state index < -0.39 is 18.6 Å². The summed E-state index contributed by atoms with van der Waals surface area (Å²) < 4.78 is 35.9. The van der Waals surface area contributed by atoms with Crippen molar-refractivity contribution in [1.29, 1.82) is 0 Å². The lowest BCUT2D eigenvalue weighted by Crippen LogP contribution is -2.44. The molecule has 7 heteroatoms.